The van der Waals surface area contributed by atoms with Gasteiger partial charge in [-0.1, -0.05) is 20.8 Å². The minimum absolute atomic E-state index is 0. The Kier molecular flexibility index (Phi) is 5.71. The fraction of sp³-hybridized carbons (Fsp3) is 1.00. The van der Waals surface area contributed by atoms with Gasteiger partial charge in [0.15, 0.2) is 0 Å². The first-order valence-electron chi connectivity index (χ1n) is 6.70. The molecule has 2 aliphatic rings. The predicted octanol–water partition coefficient (Wildman–Crippen LogP) is 2.25. The summed E-state index contributed by atoms with van der Waals surface area (Å²) in [4.78, 5) is 2.59. The first-order valence-corrected chi connectivity index (χ1v) is 6.70. The van der Waals surface area contributed by atoms with Gasteiger partial charge in [-0.15, -0.1) is 12.4 Å². The molecule has 2 unspecified atom stereocenters. The normalized spacial score (nSPS) is 33.4. The Morgan fingerprint density at radius 1 is 1.41 bits per heavy atom. The molecular weight excluding hydrogens is 236 g/mol. The number of rotatable bonds is 3. The maximum Gasteiger partial charge on any atom is 0.109 e. The number of nitrogens with zero attached hydrogens (tertiary/aromatic N) is 1. The second-order valence-corrected chi connectivity index (χ2v) is 6.01. The van der Waals surface area contributed by atoms with Crippen molar-refractivity contribution in [3.05, 3.63) is 0 Å². The van der Waals surface area contributed by atoms with Crippen molar-refractivity contribution < 1.29 is 4.74 Å². The van der Waals surface area contributed by atoms with Crippen molar-refractivity contribution in [3.63, 3.8) is 0 Å². The summed E-state index contributed by atoms with van der Waals surface area (Å²) in [6, 6.07) is 0.740. The number of halogens is 1. The van der Waals surface area contributed by atoms with E-state index in [1.807, 2.05) is 0 Å². The van der Waals surface area contributed by atoms with Crippen LogP contribution in [0.15, 0.2) is 0 Å². The van der Waals surface area contributed by atoms with Crippen molar-refractivity contribution in [2.75, 3.05) is 26.2 Å². The highest BCUT2D eigenvalue weighted by atomic mass is 35.5. The molecule has 0 bridgehead atoms. The van der Waals surface area contributed by atoms with Crippen molar-refractivity contribution >= 4 is 12.4 Å². The Morgan fingerprint density at radius 3 is 2.76 bits per heavy atom. The summed E-state index contributed by atoms with van der Waals surface area (Å²) in [6.45, 7) is 11.2. The lowest BCUT2D eigenvalue weighted by molar-refractivity contribution is -0.0685. The number of ether oxygens (including phenoxy) is 1. The van der Waals surface area contributed by atoms with Crippen molar-refractivity contribution in [1.29, 1.82) is 0 Å². The van der Waals surface area contributed by atoms with E-state index in [4.69, 9.17) is 4.74 Å². The van der Waals surface area contributed by atoms with Crippen LogP contribution in [0.4, 0.5) is 0 Å². The second-order valence-electron chi connectivity index (χ2n) is 6.01. The van der Waals surface area contributed by atoms with Gasteiger partial charge in [-0.05, 0) is 25.9 Å². The van der Waals surface area contributed by atoms with Crippen LogP contribution >= 0.6 is 12.4 Å². The van der Waals surface area contributed by atoms with Gasteiger partial charge in [0.05, 0.1) is 6.61 Å². The van der Waals surface area contributed by atoms with Gasteiger partial charge in [-0.2, -0.15) is 0 Å². The zero-order valence-corrected chi connectivity index (χ0v) is 12.2. The molecule has 2 saturated heterocycles. The fourth-order valence-electron chi connectivity index (χ4n) is 2.80. The Morgan fingerprint density at radius 2 is 2.18 bits per heavy atom. The van der Waals surface area contributed by atoms with E-state index in [9.17, 15) is 0 Å². The minimum atomic E-state index is 0. The summed E-state index contributed by atoms with van der Waals surface area (Å²) in [5, 5.41) is 3.53. The Hall–Kier alpha value is 0.170. The largest absolute Gasteiger partial charge is 0.363 e. The summed E-state index contributed by atoms with van der Waals surface area (Å²) in [6.07, 6.45) is 4.14. The van der Waals surface area contributed by atoms with E-state index in [-0.39, 0.29) is 18.6 Å². The maximum absolute atomic E-state index is 5.91. The molecule has 2 heterocycles. The van der Waals surface area contributed by atoms with Crippen LogP contribution in [-0.2, 0) is 4.74 Å². The van der Waals surface area contributed by atoms with Crippen molar-refractivity contribution in [1.82, 2.24) is 10.2 Å². The molecule has 0 amide bonds. The molecule has 0 spiro atoms. The molecule has 2 atom stereocenters. The van der Waals surface area contributed by atoms with Gasteiger partial charge in [0.25, 0.3) is 0 Å². The zero-order valence-electron chi connectivity index (χ0n) is 11.4. The highest BCUT2D eigenvalue weighted by molar-refractivity contribution is 5.85. The maximum atomic E-state index is 5.91. The molecule has 0 saturated carbocycles. The van der Waals surface area contributed by atoms with E-state index >= 15 is 0 Å². The quantitative estimate of drug-likeness (QED) is 0.845. The lowest BCUT2D eigenvalue weighted by Gasteiger charge is -2.37. The van der Waals surface area contributed by atoms with Gasteiger partial charge in [0, 0.05) is 24.4 Å². The van der Waals surface area contributed by atoms with E-state index in [1.165, 1.54) is 25.9 Å². The zero-order chi connectivity index (χ0) is 11.6. The van der Waals surface area contributed by atoms with Crippen LogP contribution in [-0.4, -0.2) is 43.4 Å². The van der Waals surface area contributed by atoms with E-state index in [0.29, 0.717) is 5.41 Å². The Labute approximate surface area is 112 Å². The smallest absolute Gasteiger partial charge is 0.109 e. The standard InChI is InChI=1S/C13H26N2O.ClH/c1-4-15-7-5-6-11(15)8-12-14-9-13(2,3)10-16-12;/h11-12,14H,4-10H2,1-3H3;1H. The topological polar surface area (TPSA) is 24.5 Å². The molecule has 4 heteroatoms. The van der Waals surface area contributed by atoms with Crippen molar-refractivity contribution in [2.24, 2.45) is 5.41 Å². The molecule has 102 valence electrons. The van der Waals surface area contributed by atoms with Gasteiger partial charge in [-0.25, -0.2) is 0 Å². The summed E-state index contributed by atoms with van der Waals surface area (Å²) in [7, 11) is 0. The predicted molar refractivity (Wildman–Crippen MR) is 73.7 cm³/mol. The fourth-order valence-corrected chi connectivity index (χ4v) is 2.80. The monoisotopic (exact) mass is 262 g/mol. The van der Waals surface area contributed by atoms with Crippen LogP contribution in [0.2, 0.25) is 0 Å². The van der Waals surface area contributed by atoms with Gasteiger partial charge < -0.3 is 9.64 Å². The van der Waals surface area contributed by atoms with Crippen LogP contribution in [0.25, 0.3) is 0 Å². The summed E-state index contributed by atoms with van der Waals surface area (Å²) < 4.78 is 5.91. The first kappa shape index (κ1) is 15.2. The van der Waals surface area contributed by atoms with E-state index in [2.05, 4.69) is 31.0 Å². The summed E-state index contributed by atoms with van der Waals surface area (Å²) in [5.41, 5.74) is 0.302. The van der Waals surface area contributed by atoms with Gasteiger partial charge in [0.1, 0.15) is 6.23 Å². The molecule has 1 N–H and O–H groups in total. The third kappa shape index (κ3) is 4.09. The molecule has 3 nitrogen and oxygen atoms in total. The van der Waals surface area contributed by atoms with Gasteiger partial charge in [0.2, 0.25) is 0 Å². The number of hydrogen-bond acceptors (Lipinski definition) is 3. The Bertz CT molecular complexity index is 225. The number of likely N-dealkylation sites (tertiary alicyclic amines) is 1. The van der Waals surface area contributed by atoms with Gasteiger partial charge in [-0.3, -0.25) is 5.32 Å². The summed E-state index contributed by atoms with van der Waals surface area (Å²) >= 11 is 0. The minimum Gasteiger partial charge on any atom is -0.363 e. The molecule has 2 fully saturated rings. The summed E-state index contributed by atoms with van der Waals surface area (Å²) in [5.74, 6) is 0. The van der Waals surface area contributed by atoms with E-state index in [0.717, 1.165) is 25.6 Å². The highest BCUT2D eigenvalue weighted by Crippen LogP contribution is 2.25. The lowest BCUT2D eigenvalue weighted by Crippen LogP contribution is -2.49. The lowest BCUT2D eigenvalue weighted by atomic mass is 9.93. The molecule has 2 rings (SSSR count). The van der Waals surface area contributed by atoms with Gasteiger partial charge >= 0.3 is 0 Å². The van der Waals surface area contributed by atoms with Crippen LogP contribution in [0.1, 0.15) is 40.0 Å². The third-order valence-electron chi connectivity index (χ3n) is 3.87. The molecule has 0 aliphatic carbocycles. The van der Waals surface area contributed by atoms with Crippen LogP contribution < -0.4 is 5.32 Å². The molecule has 0 aromatic carbocycles. The Balaban J connectivity index is 0.00000144. The first-order chi connectivity index (χ1) is 7.61. The van der Waals surface area contributed by atoms with E-state index < -0.39 is 0 Å². The highest BCUT2D eigenvalue weighted by Gasteiger charge is 2.31. The van der Waals surface area contributed by atoms with Crippen molar-refractivity contribution in [2.45, 2.75) is 52.3 Å². The molecule has 0 radical (unpaired) electrons. The molecule has 2 aliphatic heterocycles. The van der Waals surface area contributed by atoms with Crippen molar-refractivity contribution in [3.8, 4) is 0 Å². The molecule has 0 aromatic rings. The number of hydrogen-bond donors (Lipinski definition) is 1. The molecule has 17 heavy (non-hydrogen) atoms. The molecule has 0 aromatic heterocycles. The molecular formula is C13H27ClN2O. The van der Waals surface area contributed by atoms with Crippen LogP contribution in [0.5, 0.6) is 0 Å². The SMILES string of the molecule is CCN1CCCC1CC1NCC(C)(C)CO1.Cl. The number of nitrogens with one attached hydrogen (secondary N) is 1. The average molecular weight is 263 g/mol. The van der Waals surface area contributed by atoms with Crippen LogP contribution in [0.3, 0.4) is 0 Å². The third-order valence-corrected chi connectivity index (χ3v) is 3.87. The van der Waals surface area contributed by atoms with Crippen LogP contribution in [0, 0.1) is 5.41 Å². The second kappa shape index (κ2) is 6.37. The average Bonchev–Trinajstić information content (AvgIpc) is 2.68. The van der Waals surface area contributed by atoms with E-state index in [1.54, 1.807) is 0 Å².